The lowest BCUT2D eigenvalue weighted by atomic mass is 9.94. The Hall–Kier alpha value is -2.40. The van der Waals surface area contributed by atoms with Crippen LogP contribution in [0.1, 0.15) is 26.5 Å². The molecule has 0 saturated heterocycles. The minimum atomic E-state index is 0.0375. The van der Waals surface area contributed by atoms with Crippen molar-refractivity contribution in [3.63, 3.8) is 0 Å². The number of thiophene rings is 1. The van der Waals surface area contributed by atoms with Gasteiger partial charge in [-0.1, -0.05) is 18.2 Å². The lowest BCUT2D eigenvalue weighted by Crippen LogP contribution is -2.30. The van der Waals surface area contributed by atoms with Gasteiger partial charge >= 0.3 is 0 Å². The smallest absolute Gasteiger partial charge is 0.279 e. The minimum Gasteiger partial charge on any atom is -0.306 e. The molecule has 2 aromatic heterocycles. The summed E-state index contributed by atoms with van der Waals surface area (Å²) in [4.78, 5) is 16.5. The van der Waals surface area contributed by atoms with Gasteiger partial charge in [-0.15, -0.1) is 11.3 Å². The Bertz CT molecular complexity index is 969. The summed E-state index contributed by atoms with van der Waals surface area (Å²) in [6.45, 7) is 0.743. The molecule has 0 radical (unpaired) electrons. The van der Waals surface area contributed by atoms with Crippen molar-refractivity contribution in [1.82, 2.24) is 9.78 Å². The highest BCUT2D eigenvalue weighted by molar-refractivity contribution is 7.10. The van der Waals surface area contributed by atoms with E-state index in [1.165, 1.54) is 16.0 Å². The molecule has 1 amide bonds. The number of aromatic nitrogens is 2. The predicted octanol–water partition coefficient (Wildman–Crippen LogP) is 3.45. The van der Waals surface area contributed by atoms with Gasteiger partial charge in [0.25, 0.3) is 5.91 Å². The molecule has 120 valence electrons. The number of aryl methyl sites for hydroxylation is 2. The van der Waals surface area contributed by atoms with Crippen molar-refractivity contribution in [2.75, 3.05) is 11.4 Å². The second kappa shape index (κ2) is 5.05. The second-order valence-electron chi connectivity index (χ2n) is 6.39. The Labute approximate surface area is 144 Å². The fourth-order valence-corrected chi connectivity index (χ4v) is 4.85. The van der Waals surface area contributed by atoms with E-state index in [0.717, 1.165) is 42.8 Å². The number of nitrogens with zero attached hydrogens (tertiary/aromatic N) is 3. The van der Waals surface area contributed by atoms with Gasteiger partial charge in [0.15, 0.2) is 5.69 Å². The van der Waals surface area contributed by atoms with Crippen LogP contribution in [0, 0.1) is 0 Å². The van der Waals surface area contributed by atoms with Crippen LogP contribution in [0.2, 0.25) is 0 Å². The van der Waals surface area contributed by atoms with E-state index in [1.807, 2.05) is 34.8 Å². The molecule has 0 bridgehead atoms. The van der Waals surface area contributed by atoms with Crippen molar-refractivity contribution < 1.29 is 4.79 Å². The highest BCUT2D eigenvalue weighted by atomic mass is 32.1. The molecule has 0 atom stereocenters. The van der Waals surface area contributed by atoms with E-state index in [4.69, 9.17) is 0 Å². The maximum Gasteiger partial charge on any atom is 0.279 e. The molecule has 3 aromatic rings. The Morgan fingerprint density at radius 3 is 2.96 bits per heavy atom. The van der Waals surface area contributed by atoms with E-state index in [0.29, 0.717) is 5.69 Å². The zero-order valence-electron chi connectivity index (χ0n) is 13.5. The summed E-state index contributed by atoms with van der Waals surface area (Å²) < 4.78 is 1.88. The molecular weight excluding hydrogens is 318 g/mol. The van der Waals surface area contributed by atoms with Crippen molar-refractivity contribution in [1.29, 1.82) is 0 Å². The first-order valence-corrected chi connectivity index (χ1v) is 9.14. The van der Waals surface area contributed by atoms with Gasteiger partial charge in [-0.25, -0.2) is 0 Å². The highest BCUT2D eigenvalue weighted by Crippen LogP contribution is 2.39. The summed E-state index contributed by atoms with van der Waals surface area (Å²) in [5.41, 5.74) is 6.38. The van der Waals surface area contributed by atoms with Crippen LogP contribution in [0.3, 0.4) is 0 Å². The van der Waals surface area contributed by atoms with E-state index >= 15 is 0 Å². The Balaban J connectivity index is 1.60. The summed E-state index contributed by atoms with van der Waals surface area (Å²) >= 11 is 1.79. The molecule has 0 saturated carbocycles. The van der Waals surface area contributed by atoms with Crippen LogP contribution >= 0.6 is 11.3 Å². The third-order valence-corrected chi connectivity index (χ3v) is 6.06. The van der Waals surface area contributed by atoms with E-state index < -0.39 is 0 Å². The van der Waals surface area contributed by atoms with Crippen LogP contribution in [0.5, 0.6) is 0 Å². The number of carbonyl (C=O) groups excluding carboxylic acids is 1. The molecule has 24 heavy (non-hydrogen) atoms. The van der Waals surface area contributed by atoms with Crippen molar-refractivity contribution in [3.05, 3.63) is 57.4 Å². The molecule has 0 N–H and O–H groups in total. The van der Waals surface area contributed by atoms with Crippen LogP contribution in [0.25, 0.3) is 11.3 Å². The van der Waals surface area contributed by atoms with Crippen LogP contribution in [-0.2, 0) is 26.3 Å². The number of rotatable bonds is 1. The maximum absolute atomic E-state index is 13.2. The van der Waals surface area contributed by atoms with Crippen LogP contribution in [0.4, 0.5) is 5.69 Å². The summed E-state index contributed by atoms with van der Waals surface area (Å²) in [6.07, 6.45) is 2.82. The van der Waals surface area contributed by atoms with Gasteiger partial charge in [0.2, 0.25) is 0 Å². The standard InChI is InChI=1S/C19H17N3OS/c1-21-18-13-9-11-24-16(13)7-6-14(18)17(20-21)19(23)22-10-8-12-4-2-3-5-15(12)22/h2-5,9,11H,6-8,10H2,1H3. The quantitative estimate of drug-likeness (QED) is 0.683. The molecule has 1 aliphatic carbocycles. The monoisotopic (exact) mass is 335 g/mol. The topological polar surface area (TPSA) is 38.1 Å². The first-order valence-electron chi connectivity index (χ1n) is 8.26. The second-order valence-corrected chi connectivity index (χ2v) is 7.39. The number of fused-ring (bicyclic) bond motifs is 4. The van der Waals surface area contributed by atoms with Crippen molar-refractivity contribution >= 4 is 22.9 Å². The number of hydrogen-bond acceptors (Lipinski definition) is 3. The molecule has 5 heteroatoms. The number of carbonyl (C=O) groups is 1. The normalized spacial score (nSPS) is 15.1. The molecule has 5 rings (SSSR count). The van der Waals surface area contributed by atoms with Crippen molar-refractivity contribution in [2.24, 2.45) is 7.05 Å². The van der Waals surface area contributed by atoms with Gasteiger partial charge in [-0.2, -0.15) is 5.10 Å². The molecule has 4 nitrogen and oxygen atoms in total. The number of amides is 1. The van der Waals surface area contributed by atoms with Crippen LogP contribution in [0.15, 0.2) is 35.7 Å². The third kappa shape index (κ3) is 1.85. The molecule has 0 spiro atoms. The van der Waals surface area contributed by atoms with Gasteiger partial charge in [0.1, 0.15) is 0 Å². The molecule has 0 unspecified atom stereocenters. The lowest BCUT2D eigenvalue weighted by Gasteiger charge is -2.18. The van der Waals surface area contributed by atoms with E-state index in [1.54, 1.807) is 11.3 Å². The Morgan fingerprint density at radius 2 is 2.04 bits per heavy atom. The van der Waals surface area contributed by atoms with Gasteiger partial charge in [-0.05, 0) is 42.3 Å². The van der Waals surface area contributed by atoms with Crippen molar-refractivity contribution in [3.8, 4) is 11.3 Å². The predicted molar refractivity (Wildman–Crippen MR) is 95.8 cm³/mol. The first kappa shape index (κ1) is 14.0. The van der Waals surface area contributed by atoms with Gasteiger partial charge in [-0.3, -0.25) is 9.48 Å². The Morgan fingerprint density at radius 1 is 1.17 bits per heavy atom. The van der Waals surface area contributed by atoms with E-state index in [9.17, 15) is 4.79 Å². The lowest BCUT2D eigenvalue weighted by molar-refractivity contribution is 0.0983. The number of para-hydroxylation sites is 1. The summed E-state index contributed by atoms with van der Waals surface area (Å²) in [5.74, 6) is 0.0375. The van der Waals surface area contributed by atoms with E-state index in [2.05, 4.69) is 22.6 Å². The molecular formula is C19H17N3OS. The minimum absolute atomic E-state index is 0.0375. The molecule has 1 aliphatic heterocycles. The zero-order valence-corrected chi connectivity index (χ0v) is 14.3. The zero-order chi connectivity index (χ0) is 16.3. The molecule has 0 fully saturated rings. The van der Waals surface area contributed by atoms with Crippen LogP contribution in [-0.4, -0.2) is 22.2 Å². The molecule has 3 heterocycles. The maximum atomic E-state index is 13.2. The fraction of sp³-hybridized carbons (Fsp3) is 0.263. The number of anilines is 1. The third-order valence-electron chi connectivity index (χ3n) is 5.08. The largest absolute Gasteiger partial charge is 0.306 e. The highest BCUT2D eigenvalue weighted by Gasteiger charge is 2.32. The van der Waals surface area contributed by atoms with E-state index in [-0.39, 0.29) is 5.91 Å². The Kier molecular flexibility index (Phi) is 2.94. The summed E-state index contributed by atoms with van der Waals surface area (Å²) in [7, 11) is 1.94. The molecule has 1 aromatic carbocycles. The number of hydrogen-bond donors (Lipinski definition) is 0. The first-order chi connectivity index (χ1) is 11.7. The van der Waals surface area contributed by atoms with Gasteiger partial charge in [0.05, 0.1) is 5.69 Å². The van der Waals surface area contributed by atoms with Gasteiger partial charge in [0, 0.05) is 35.3 Å². The summed E-state index contributed by atoms with van der Waals surface area (Å²) in [5, 5.41) is 6.75. The summed E-state index contributed by atoms with van der Waals surface area (Å²) in [6, 6.07) is 10.3. The van der Waals surface area contributed by atoms with Gasteiger partial charge < -0.3 is 4.90 Å². The number of benzene rings is 1. The van der Waals surface area contributed by atoms with Crippen molar-refractivity contribution in [2.45, 2.75) is 19.3 Å². The average Bonchev–Trinajstić information content (AvgIpc) is 3.30. The molecule has 2 aliphatic rings. The average molecular weight is 335 g/mol. The fourth-order valence-electron chi connectivity index (χ4n) is 3.97. The van der Waals surface area contributed by atoms with Crippen LogP contribution < -0.4 is 4.90 Å². The SMILES string of the molecule is Cn1nc(C(=O)N2CCc3ccccc32)c2c1-c1ccsc1CC2.